The van der Waals surface area contributed by atoms with Gasteiger partial charge in [-0.3, -0.25) is 4.79 Å². The Balaban J connectivity index is 2.26. The summed E-state index contributed by atoms with van der Waals surface area (Å²) in [5.41, 5.74) is 3.51. The molecule has 0 spiro atoms. The molecule has 0 atom stereocenters. The van der Waals surface area contributed by atoms with Crippen LogP contribution in [-0.4, -0.2) is 12.5 Å². The predicted octanol–water partition coefficient (Wildman–Crippen LogP) is 1.99. The standard InChI is InChI=1S/C12H11NO/c14-11-8-10-6-3-5-9-4-1-2-7-13(11)12(9)10/h1,3-6H,2,7-8H2. The van der Waals surface area contributed by atoms with Gasteiger partial charge in [0.2, 0.25) is 5.91 Å². The summed E-state index contributed by atoms with van der Waals surface area (Å²) in [4.78, 5) is 13.6. The third-order valence-corrected chi connectivity index (χ3v) is 2.88. The molecule has 2 nitrogen and oxygen atoms in total. The zero-order valence-corrected chi connectivity index (χ0v) is 7.86. The summed E-state index contributed by atoms with van der Waals surface area (Å²) in [5, 5.41) is 0. The Bertz CT molecular complexity index is 434. The van der Waals surface area contributed by atoms with E-state index in [9.17, 15) is 4.79 Å². The maximum absolute atomic E-state index is 11.7. The summed E-state index contributed by atoms with van der Waals surface area (Å²) >= 11 is 0. The smallest absolute Gasteiger partial charge is 0.231 e. The number of amides is 1. The lowest BCUT2D eigenvalue weighted by Gasteiger charge is -2.16. The molecular formula is C12H11NO. The van der Waals surface area contributed by atoms with Crippen LogP contribution in [0.1, 0.15) is 17.5 Å². The highest BCUT2D eigenvalue weighted by Crippen LogP contribution is 2.34. The van der Waals surface area contributed by atoms with Gasteiger partial charge in [0.1, 0.15) is 0 Å². The number of carbonyl (C=O) groups is 1. The largest absolute Gasteiger partial charge is 0.311 e. The first-order chi connectivity index (χ1) is 6.86. The van der Waals surface area contributed by atoms with Gasteiger partial charge in [0, 0.05) is 6.54 Å². The number of carbonyl (C=O) groups excluding carboxylic acids is 1. The van der Waals surface area contributed by atoms with E-state index in [4.69, 9.17) is 0 Å². The summed E-state index contributed by atoms with van der Waals surface area (Å²) in [6.45, 7) is 0.833. The summed E-state index contributed by atoms with van der Waals surface area (Å²) in [7, 11) is 0. The average molecular weight is 185 g/mol. The molecule has 0 fully saturated rings. The van der Waals surface area contributed by atoms with Gasteiger partial charge in [-0.25, -0.2) is 0 Å². The topological polar surface area (TPSA) is 20.3 Å². The zero-order chi connectivity index (χ0) is 9.54. The summed E-state index contributed by atoms with van der Waals surface area (Å²) in [6.07, 6.45) is 5.80. The van der Waals surface area contributed by atoms with E-state index in [2.05, 4.69) is 24.3 Å². The monoisotopic (exact) mass is 185 g/mol. The van der Waals surface area contributed by atoms with Gasteiger partial charge in [-0.2, -0.15) is 0 Å². The van der Waals surface area contributed by atoms with E-state index < -0.39 is 0 Å². The second-order valence-corrected chi connectivity index (χ2v) is 3.77. The fraction of sp³-hybridized carbons (Fsp3) is 0.250. The van der Waals surface area contributed by atoms with Crippen LogP contribution in [-0.2, 0) is 11.2 Å². The van der Waals surface area contributed by atoms with Gasteiger partial charge in [-0.15, -0.1) is 0 Å². The first-order valence-corrected chi connectivity index (χ1v) is 4.95. The van der Waals surface area contributed by atoms with E-state index in [-0.39, 0.29) is 5.91 Å². The lowest BCUT2D eigenvalue weighted by Crippen LogP contribution is -2.27. The van der Waals surface area contributed by atoms with Gasteiger partial charge in [0.15, 0.2) is 0 Å². The fourth-order valence-electron chi connectivity index (χ4n) is 2.25. The van der Waals surface area contributed by atoms with Crippen molar-refractivity contribution in [2.24, 2.45) is 0 Å². The van der Waals surface area contributed by atoms with Crippen molar-refractivity contribution in [2.75, 3.05) is 11.4 Å². The van der Waals surface area contributed by atoms with E-state index in [1.54, 1.807) is 0 Å². The van der Waals surface area contributed by atoms with Gasteiger partial charge in [-0.1, -0.05) is 30.4 Å². The van der Waals surface area contributed by atoms with Crippen LogP contribution in [0.5, 0.6) is 0 Å². The van der Waals surface area contributed by atoms with E-state index in [1.807, 2.05) is 11.0 Å². The number of anilines is 1. The molecule has 70 valence electrons. The molecule has 3 rings (SSSR count). The molecule has 2 heteroatoms. The van der Waals surface area contributed by atoms with Crippen molar-refractivity contribution in [3.05, 3.63) is 35.4 Å². The van der Waals surface area contributed by atoms with Crippen molar-refractivity contribution in [3.8, 4) is 0 Å². The SMILES string of the molecule is O=C1Cc2cccc3c2N1CCC=C3. The van der Waals surface area contributed by atoms with Gasteiger partial charge >= 0.3 is 0 Å². The molecule has 0 N–H and O–H groups in total. The first kappa shape index (κ1) is 7.80. The molecule has 0 bridgehead atoms. The molecule has 0 aliphatic carbocycles. The van der Waals surface area contributed by atoms with Crippen molar-refractivity contribution in [1.82, 2.24) is 0 Å². The molecule has 1 aromatic carbocycles. The molecule has 0 saturated carbocycles. The van der Waals surface area contributed by atoms with Crippen LogP contribution in [0.15, 0.2) is 24.3 Å². The molecule has 1 aromatic rings. The Kier molecular flexibility index (Phi) is 1.51. The molecular weight excluding hydrogens is 174 g/mol. The van der Waals surface area contributed by atoms with Crippen LogP contribution in [0.25, 0.3) is 6.08 Å². The van der Waals surface area contributed by atoms with Crippen molar-refractivity contribution >= 4 is 17.7 Å². The van der Waals surface area contributed by atoms with Crippen LogP contribution in [0.2, 0.25) is 0 Å². The fourth-order valence-corrected chi connectivity index (χ4v) is 2.25. The third kappa shape index (κ3) is 0.939. The molecule has 1 amide bonds. The van der Waals surface area contributed by atoms with E-state index >= 15 is 0 Å². The minimum absolute atomic E-state index is 0.246. The number of rotatable bonds is 0. The lowest BCUT2D eigenvalue weighted by molar-refractivity contribution is -0.117. The Hall–Kier alpha value is -1.57. The van der Waals surface area contributed by atoms with Gasteiger partial charge < -0.3 is 4.90 Å². The molecule has 0 aromatic heterocycles. The van der Waals surface area contributed by atoms with Crippen LogP contribution in [0.3, 0.4) is 0 Å². The average Bonchev–Trinajstić information content (AvgIpc) is 2.39. The molecule has 14 heavy (non-hydrogen) atoms. The van der Waals surface area contributed by atoms with Gasteiger partial charge in [-0.05, 0) is 17.5 Å². The maximum Gasteiger partial charge on any atom is 0.231 e. The lowest BCUT2D eigenvalue weighted by atomic mass is 10.1. The second-order valence-electron chi connectivity index (χ2n) is 3.77. The van der Waals surface area contributed by atoms with Crippen molar-refractivity contribution in [3.63, 3.8) is 0 Å². The number of benzene rings is 1. The van der Waals surface area contributed by atoms with E-state index in [0.717, 1.165) is 18.7 Å². The van der Waals surface area contributed by atoms with E-state index in [1.165, 1.54) is 11.1 Å². The Labute approximate surface area is 82.8 Å². The van der Waals surface area contributed by atoms with Crippen molar-refractivity contribution < 1.29 is 4.79 Å². The number of nitrogens with zero attached hydrogens (tertiary/aromatic N) is 1. The van der Waals surface area contributed by atoms with Crippen LogP contribution >= 0.6 is 0 Å². The molecule has 2 aliphatic heterocycles. The molecule has 0 radical (unpaired) electrons. The Morgan fingerprint density at radius 3 is 3.14 bits per heavy atom. The van der Waals surface area contributed by atoms with Crippen LogP contribution in [0.4, 0.5) is 5.69 Å². The quantitative estimate of drug-likeness (QED) is 0.605. The highest BCUT2D eigenvalue weighted by Gasteiger charge is 2.28. The summed E-state index contributed by atoms with van der Waals surface area (Å²) in [5.74, 6) is 0.246. The first-order valence-electron chi connectivity index (χ1n) is 4.95. The minimum atomic E-state index is 0.246. The number of hydrogen-bond acceptors (Lipinski definition) is 1. The maximum atomic E-state index is 11.7. The predicted molar refractivity (Wildman–Crippen MR) is 56.2 cm³/mol. The molecule has 2 heterocycles. The van der Waals surface area contributed by atoms with Gasteiger partial charge in [0.05, 0.1) is 12.1 Å². The minimum Gasteiger partial charge on any atom is -0.311 e. The van der Waals surface area contributed by atoms with Crippen LogP contribution < -0.4 is 4.90 Å². The van der Waals surface area contributed by atoms with Crippen molar-refractivity contribution in [2.45, 2.75) is 12.8 Å². The molecule has 0 saturated heterocycles. The summed E-state index contributed by atoms with van der Waals surface area (Å²) < 4.78 is 0. The normalized spacial score (nSPS) is 18.3. The third-order valence-electron chi connectivity index (χ3n) is 2.88. The highest BCUT2D eigenvalue weighted by atomic mass is 16.2. The van der Waals surface area contributed by atoms with Gasteiger partial charge in [0.25, 0.3) is 0 Å². The zero-order valence-electron chi connectivity index (χ0n) is 7.86. The summed E-state index contributed by atoms with van der Waals surface area (Å²) in [6, 6.07) is 6.16. The Morgan fingerprint density at radius 1 is 1.29 bits per heavy atom. The van der Waals surface area contributed by atoms with Crippen molar-refractivity contribution in [1.29, 1.82) is 0 Å². The highest BCUT2D eigenvalue weighted by molar-refractivity contribution is 6.03. The van der Waals surface area contributed by atoms with Crippen LogP contribution in [0, 0.1) is 0 Å². The Morgan fingerprint density at radius 2 is 2.21 bits per heavy atom. The number of hydrogen-bond donors (Lipinski definition) is 0. The molecule has 2 aliphatic rings. The number of para-hydroxylation sites is 1. The second kappa shape index (κ2) is 2.71. The van der Waals surface area contributed by atoms with E-state index in [0.29, 0.717) is 6.42 Å². The molecule has 0 unspecified atom stereocenters.